The van der Waals surface area contributed by atoms with Crippen LogP contribution in [-0.2, 0) is 18.4 Å². The number of rotatable bonds is 4. The first-order chi connectivity index (χ1) is 9.45. The number of nitrogens with one attached hydrogen (secondary N) is 1. The Bertz CT molecular complexity index is 562. The van der Waals surface area contributed by atoms with Crippen molar-refractivity contribution in [3.63, 3.8) is 0 Å². The number of thiazole rings is 1. The second-order valence-corrected chi connectivity index (χ2v) is 7.18. The van der Waals surface area contributed by atoms with Crippen LogP contribution >= 0.6 is 11.3 Å². The lowest BCUT2D eigenvalue weighted by Crippen LogP contribution is -2.10. The highest BCUT2D eigenvalue weighted by Gasteiger charge is 2.15. The van der Waals surface area contributed by atoms with Gasteiger partial charge >= 0.3 is 0 Å². The number of hydrogen-bond donors (Lipinski definition) is 1. The summed E-state index contributed by atoms with van der Waals surface area (Å²) in [7, 11) is 1.98. The minimum Gasteiger partial charge on any atom is -0.315 e. The van der Waals surface area contributed by atoms with Gasteiger partial charge in [-0.3, -0.25) is 0 Å². The molecule has 0 aliphatic carbocycles. The van der Waals surface area contributed by atoms with Crippen molar-refractivity contribution in [3.8, 4) is 10.6 Å². The third-order valence-corrected chi connectivity index (χ3v) is 4.60. The Morgan fingerprint density at radius 1 is 1.15 bits per heavy atom. The Balaban J connectivity index is 2.32. The molecule has 1 heterocycles. The van der Waals surface area contributed by atoms with Crippen molar-refractivity contribution >= 4 is 11.3 Å². The Kier molecular flexibility index (Phi) is 4.61. The summed E-state index contributed by atoms with van der Waals surface area (Å²) in [5.41, 5.74) is 4.01. The van der Waals surface area contributed by atoms with Gasteiger partial charge in [0.2, 0.25) is 0 Å². The van der Waals surface area contributed by atoms with E-state index in [0.29, 0.717) is 0 Å². The van der Waals surface area contributed by atoms with Gasteiger partial charge < -0.3 is 5.32 Å². The van der Waals surface area contributed by atoms with Gasteiger partial charge in [0.05, 0.1) is 5.69 Å². The summed E-state index contributed by atoms with van der Waals surface area (Å²) in [5, 5.41) is 4.35. The first-order valence-electron chi connectivity index (χ1n) is 7.19. The summed E-state index contributed by atoms with van der Waals surface area (Å²) in [4.78, 5) is 6.14. The second kappa shape index (κ2) is 6.06. The fourth-order valence-electron chi connectivity index (χ4n) is 2.19. The molecule has 0 fully saturated rings. The minimum atomic E-state index is 0.202. The van der Waals surface area contributed by atoms with Crippen molar-refractivity contribution in [1.82, 2.24) is 10.3 Å². The summed E-state index contributed by atoms with van der Waals surface area (Å²) in [6.07, 6.45) is 0.994. The highest BCUT2D eigenvalue weighted by molar-refractivity contribution is 7.15. The highest BCUT2D eigenvalue weighted by atomic mass is 32.1. The predicted octanol–water partition coefficient (Wildman–Crippen LogP) is 4.39. The smallest absolute Gasteiger partial charge is 0.123 e. The molecule has 0 atom stereocenters. The van der Waals surface area contributed by atoms with Gasteiger partial charge in [-0.05, 0) is 24.4 Å². The average Bonchev–Trinajstić information content (AvgIpc) is 2.81. The van der Waals surface area contributed by atoms with E-state index in [-0.39, 0.29) is 5.41 Å². The Labute approximate surface area is 126 Å². The SMILES string of the molecule is CCc1nc(-c2ccc(C(C)(C)C)cc2)sc1CNC. The number of aromatic nitrogens is 1. The normalized spacial score (nSPS) is 11.8. The van der Waals surface area contributed by atoms with Crippen LogP contribution in [-0.4, -0.2) is 12.0 Å². The molecule has 3 heteroatoms. The lowest BCUT2D eigenvalue weighted by atomic mass is 9.87. The molecule has 0 saturated heterocycles. The van der Waals surface area contributed by atoms with Crippen LogP contribution in [0, 0.1) is 0 Å². The molecule has 1 N–H and O–H groups in total. The van der Waals surface area contributed by atoms with Crippen molar-refractivity contribution in [3.05, 3.63) is 40.4 Å². The van der Waals surface area contributed by atoms with E-state index in [2.05, 4.69) is 57.3 Å². The number of nitrogens with zero attached hydrogens (tertiary/aromatic N) is 1. The summed E-state index contributed by atoms with van der Waals surface area (Å²) < 4.78 is 0. The maximum absolute atomic E-state index is 4.79. The minimum absolute atomic E-state index is 0.202. The van der Waals surface area contributed by atoms with Gasteiger partial charge in [-0.1, -0.05) is 52.0 Å². The largest absolute Gasteiger partial charge is 0.315 e. The quantitative estimate of drug-likeness (QED) is 0.902. The molecule has 2 nitrogen and oxygen atoms in total. The van der Waals surface area contributed by atoms with E-state index in [1.54, 1.807) is 11.3 Å². The van der Waals surface area contributed by atoms with Crippen molar-refractivity contribution in [2.45, 2.75) is 46.1 Å². The van der Waals surface area contributed by atoms with Gasteiger partial charge in [0.1, 0.15) is 5.01 Å². The maximum atomic E-state index is 4.79. The van der Waals surface area contributed by atoms with E-state index in [1.807, 2.05) is 7.05 Å². The lowest BCUT2D eigenvalue weighted by Gasteiger charge is -2.18. The van der Waals surface area contributed by atoms with Crippen LogP contribution in [0.4, 0.5) is 0 Å². The molecule has 0 aliphatic heterocycles. The van der Waals surface area contributed by atoms with Gasteiger partial charge in [0, 0.05) is 17.0 Å². The van der Waals surface area contributed by atoms with E-state index >= 15 is 0 Å². The lowest BCUT2D eigenvalue weighted by molar-refractivity contribution is 0.590. The molecule has 1 aromatic carbocycles. The first-order valence-corrected chi connectivity index (χ1v) is 8.01. The molecule has 2 rings (SSSR count). The monoisotopic (exact) mass is 288 g/mol. The maximum Gasteiger partial charge on any atom is 0.123 e. The molecule has 0 radical (unpaired) electrons. The zero-order valence-corrected chi connectivity index (χ0v) is 13.9. The van der Waals surface area contributed by atoms with Gasteiger partial charge in [-0.15, -0.1) is 11.3 Å². The molecule has 0 unspecified atom stereocenters. The average molecular weight is 288 g/mol. The fraction of sp³-hybridized carbons (Fsp3) is 0.471. The van der Waals surface area contributed by atoms with Crippen LogP contribution in [0.5, 0.6) is 0 Å². The first kappa shape index (κ1) is 15.2. The summed E-state index contributed by atoms with van der Waals surface area (Å²) in [6.45, 7) is 9.80. The van der Waals surface area contributed by atoms with Crippen LogP contribution in [0.3, 0.4) is 0 Å². The summed E-state index contributed by atoms with van der Waals surface area (Å²) in [5.74, 6) is 0. The zero-order valence-electron chi connectivity index (χ0n) is 13.1. The molecule has 20 heavy (non-hydrogen) atoms. The Morgan fingerprint density at radius 3 is 2.30 bits per heavy atom. The highest BCUT2D eigenvalue weighted by Crippen LogP contribution is 2.30. The van der Waals surface area contributed by atoms with Gasteiger partial charge in [-0.25, -0.2) is 4.98 Å². The molecule has 0 saturated carbocycles. The van der Waals surface area contributed by atoms with Crippen molar-refractivity contribution in [2.24, 2.45) is 0 Å². The third kappa shape index (κ3) is 3.28. The standard InChI is InChI=1S/C17H24N2S/c1-6-14-15(11-18-5)20-16(19-14)12-7-9-13(10-8-12)17(2,3)4/h7-10,18H,6,11H2,1-5H3. The van der Waals surface area contributed by atoms with E-state index in [1.165, 1.54) is 21.7 Å². The molecule has 0 amide bonds. The summed E-state index contributed by atoms with van der Waals surface area (Å²) in [6, 6.07) is 8.84. The molecule has 0 aliphatic rings. The van der Waals surface area contributed by atoms with Crippen molar-refractivity contribution in [1.29, 1.82) is 0 Å². The van der Waals surface area contributed by atoms with Crippen LogP contribution < -0.4 is 5.32 Å². The number of aryl methyl sites for hydroxylation is 1. The van der Waals surface area contributed by atoms with Crippen LogP contribution in [0.1, 0.15) is 43.8 Å². The van der Waals surface area contributed by atoms with Crippen molar-refractivity contribution < 1.29 is 0 Å². The molecule has 108 valence electrons. The molecule has 0 spiro atoms. The Morgan fingerprint density at radius 2 is 1.80 bits per heavy atom. The zero-order chi connectivity index (χ0) is 14.8. The fourth-order valence-corrected chi connectivity index (χ4v) is 3.36. The van der Waals surface area contributed by atoms with E-state index in [4.69, 9.17) is 4.98 Å². The van der Waals surface area contributed by atoms with Crippen LogP contribution in [0.15, 0.2) is 24.3 Å². The van der Waals surface area contributed by atoms with Gasteiger partial charge in [0.25, 0.3) is 0 Å². The van der Waals surface area contributed by atoms with Crippen molar-refractivity contribution in [2.75, 3.05) is 7.05 Å². The van der Waals surface area contributed by atoms with E-state index in [0.717, 1.165) is 18.0 Å². The van der Waals surface area contributed by atoms with E-state index in [9.17, 15) is 0 Å². The van der Waals surface area contributed by atoms with Gasteiger partial charge in [0.15, 0.2) is 0 Å². The Hall–Kier alpha value is -1.19. The molecular formula is C17H24N2S. The molecule has 1 aromatic heterocycles. The number of benzene rings is 1. The predicted molar refractivity (Wildman–Crippen MR) is 88.4 cm³/mol. The molecule has 0 bridgehead atoms. The third-order valence-electron chi connectivity index (χ3n) is 3.45. The molecular weight excluding hydrogens is 264 g/mol. The number of hydrogen-bond acceptors (Lipinski definition) is 3. The summed E-state index contributed by atoms with van der Waals surface area (Å²) >= 11 is 1.80. The topological polar surface area (TPSA) is 24.9 Å². The van der Waals surface area contributed by atoms with Gasteiger partial charge in [-0.2, -0.15) is 0 Å². The van der Waals surface area contributed by atoms with Crippen LogP contribution in [0.25, 0.3) is 10.6 Å². The van der Waals surface area contributed by atoms with Crippen LogP contribution in [0.2, 0.25) is 0 Å². The van der Waals surface area contributed by atoms with E-state index < -0.39 is 0 Å². The second-order valence-electron chi connectivity index (χ2n) is 6.10. The molecule has 2 aromatic rings.